The molecule has 0 atom stereocenters. The molecule has 46 valence electrons. The van der Waals surface area contributed by atoms with Gasteiger partial charge in [0.25, 0.3) is 0 Å². The summed E-state index contributed by atoms with van der Waals surface area (Å²) in [5, 5.41) is 0. The minimum Gasteiger partial charge on any atom is -1.00 e. The van der Waals surface area contributed by atoms with E-state index < -0.39 is 0 Å². The van der Waals surface area contributed by atoms with Crippen molar-refractivity contribution in [3.8, 4) is 0 Å². The molecule has 0 saturated carbocycles. The molecule has 0 spiro atoms. The number of benzene rings is 1. The van der Waals surface area contributed by atoms with Crippen LogP contribution in [0.2, 0.25) is 0 Å². The second-order valence-electron chi connectivity index (χ2n) is 1.61. The van der Waals surface area contributed by atoms with Gasteiger partial charge in [-0.2, -0.15) is 0 Å². The second-order valence-corrected chi connectivity index (χ2v) is 1.61. The summed E-state index contributed by atoms with van der Waals surface area (Å²) < 4.78 is 0. The zero-order valence-corrected chi connectivity index (χ0v) is 11.3. The maximum Gasteiger partial charge on any atom is 2.00 e. The normalized spacial score (nSPS) is 6.80. The van der Waals surface area contributed by atoms with Gasteiger partial charge in [-0.15, -0.1) is 0 Å². The molecular formula is C8H10CaZn. The van der Waals surface area contributed by atoms with E-state index in [9.17, 15) is 0 Å². The van der Waals surface area contributed by atoms with Crippen molar-refractivity contribution >= 4 is 43.8 Å². The van der Waals surface area contributed by atoms with Crippen LogP contribution in [0.3, 0.4) is 0 Å². The third kappa shape index (κ3) is 4.63. The van der Waals surface area contributed by atoms with Crippen LogP contribution in [0.15, 0.2) is 36.9 Å². The molecule has 0 unspecified atom stereocenters. The summed E-state index contributed by atoms with van der Waals surface area (Å²) in [6.45, 7) is 3.63. The Bertz CT molecular complexity index is 180. The van der Waals surface area contributed by atoms with E-state index >= 15 is 0 Å². The van der Waals surface area contributed by atoms with E-state index in [4.69, 9.17) is 0 Å². The van der Waals surface area contributed by atoms with E-state index in [0.29, 0.717) is 0 Å². The molecular weight excluding hydrogens is 202 g/mol. The topological polar surface area (TPSA) is 0 Å². The van der Waals surface area contributed by atoms with Gasteiger partial charge < -0.3 is 2.85 Å². The van der Waals surface area contributed by atoms with Crippen LogP contribution >= 0.6 is 0 Å². The molecule has 0 aliphatic carbocycles. The van der Waals surface area contributed by atoms with Crippen LogP contribution in [0.5, 0.6) is 0 Å². The first-order chi connectivity index (χ1) is 3.93. The van der Waals surface area contributed by atoms with Crippen LogP contribution in [-0.2, 0) is 19.5 Å². The predicted octanol–water partition coefficient (Wildman–Crippen LogP) is 2.17. The fourth-order valence-corrected chi connectivity index (χ4v) is 0.589. The van der Waals surface area contributed by atoms with E-state index in [2.05, 4.69) is 6.58 Å². The summed E-state index contributed by atoms with van der Waals surface area (Å²) in [6.07, 6.45) is 1.83. The quantitative estimate of drug-likeness (QED) is 0.625. The number of hydrogen-bond acceptors (Lipinski definition) is 0. The molecule has 0 heterocycles. The minimum atomic E-state index is 0. The Balaban J connectivity index is -0.0000000800. The molecule has 0 N–H and O–H groups in total. The zero-order valence-electron chi connectivity index (χ0n) is 8.09. The molecule has 0 amide bonds. The van der Waals surface area contributed by atoms with Gasteiger partial charge in [-0.05, 0) is 5.56 Å². The van der Waals surface area contributed by atoms with Gasteiger partial charge in [-0.1, -0.05) is 43.0 Å². The number of rotatable bonds is 1. The molecule has 0 nitrogen and oxygen atoms in total. The molecule has 1 aromatic rings. The molecule has 2 heteroatoms. The Kier molecular flexibility index (Phi) is 10.7. The fraction of sp³-hybridized carbons (Fsp3) is 0. The van der Waals surface area contributed by atoms with Crippen molar-refractivity contribution in [1.29, 1.82) is 0 Å². The molecule has 0 aliphatic rings. The van der Waals surface area contributed by atoms with E-state index in [-0.39, 0.29) is 60.1 Å². The summed E-state index contributed by atoms with van der Waals surface area (Å²) in [7, 11) is 0. The molecule has 0 fully saturated rings. The van der Waals surface area contributed by atoms with Gasteiger partial charge in [-0.25, -0.2) is 0 Å². The summed E-state index contributed by atoms with van der Waals surface area (Å²) in [5.74, 6) is 0. The van der Waals surface area contributed by atoms with E-state index in [0.717, 1.165) is 0 Å². The van der Waals surface area contributed by atoms with Crippen molar-refractivity contribution in [3.05, 3.63) is 42.5 Å². The Morgan fingerprint density at radius 1 is 1.20 bits per heavy atom. The standard InChI is InChI=1S/C8H8.Ca.Zn.2H/c1-2-8-6-4-3-5-7-8;;;;/h2-7H,1H2;;;;/q;+2;;2*-1. The van der Waals surface area contributed by atoms with Crippen LogP contribution in [0.25, 0.3) is 6.08 Å². The summed E-state index contributed by atoms with van der Waals surface area (Å²) in [4.78, 5) is 0. The van der Waals surface area contributed by atoms with Gasteiger partial charge in [0, 0.05) is 19.5 Å². The average Bonchev–Trinajstić information content (AvgIpc) is 1.90. The first-order valence-electron chi connectivity index (χ1n) is 2.61. The van der Waals surface area contributed by atoms with Crippen molar-refractivity contribution in [3.63, 3.8) is 0 Å². The van der Waals surface area contributed by atoms with Crippen molar-refractivity contribution < 1.29 is 22.3 Å². The van der Waals surface area contributed by atoms with Crippen molar-refractivity contribution in [2.45, 2.75) is 0 Å². The maximum absolute atomic E-state index is 3.63. The predicted molar refractivity (Wildman–Crippen MR) is 44.5 cm³/mol. The van der Waals surface area contributed by atoms with Gasteiger partial charge >= 0.3 is 37.7 Å². The third-order valence-corrected chi connectivity index (χ3v) is 1.04. The smallest absolute Gasteiger partial charge is 1.00 e. The van der Waals surface area contributed by atoms with Gasteiger partial charge in [-0.3, -0.25) is 0 Å². The van der Waals surface area contributed by atoms with E-state index in [1.54, 1.807) is 0 Å². The summed E-state index contributed by atoms with van der Waals surface area (Å²) >= 11 is 0. The zero-order chi connectivity index (χ0) is 5.82. The Morgan fingerprint density at radius 2 is 1.70 bits per heavy atom. The fourth-order valence-electron chi connectivity index (χ4n) is 0.589. The van der Waals surface area contributed by atoms with Gasteiger partial charge in [0.05, 0.1) is 0 Å². The van der Waals surface area contributed by atoms with Crippen molar-refractivity contribution in [2.75, 3.05) is 0 Å². The number of hydrogen-bond donors (Lipinski definition) is 0. The van der Waals surface area contributed by atoms with Gasteiger partial charge in [0.15, 0.2) is 0 Å². The molecule has 0 radical (unpaired) electrons. The van der Waals surface area contributed by atoms with Gasteiger partial charge in [0.2, 0.25) is 0 Å². The summed E-state index contributed by atoms with van der Waals surface area (Å²) in [6, 6.07) is 10.0. The molecule has 0 bridgehead atoms. The summed E-state index contributed by atoms with van der Waals surface area (Å²) in [5.41, 5.74) is 1.17. The molecule has 0 aliphatic heterocycles. The third-order valence-electron chi connectivity index (χ3n) is 1.04. The average molecular weight is 212 g/mol. The largest absolute Gasteiger partial charge is 2.00 e. The Hall–Kier alpha value is 0.843. The van der Waals surface area contributed by atoms with E-state index in [1.807, 2.05) is 36.4 Å². The first kappa shape index (κ1) is 13.4. The van der Waals surface area contributed by atoms with Crippen molar-refractivity contribution in [2.24, 2.45) is 0 Å². The second kappa shape index (κ2) is 7.94. The minimum absolute atomic E-state index is 0. The van der Waals surface area contributed by atoms with Crippen LogP contribution in [0, 0.1) is 0 Å². The van der Waals surface area contributed by atoms with Crippen molar-refractivity contribution in [1.82, 2.24) is 0 Å². The van der Waals surface area contributed by atoms with Crippen LogP contribution < -0.4 is 0 Å². The molecule has 1 rings (SSSR count). The molecule has 1 aromatic carbocycles. The van der Waals surface area contributed by atoms with Crippen LogP contribution in [0.4, 0.5) is 0 Å². The Morgan fingerprint density at radius 3 is 2.00 bits per heavy atom. The monoisotopic (exact) mass is 210 g/mol. The molecule has 10 heavy (non-hydrogen) atoms. The Labute approximate surface area is 107 Å². The SMILES string of the molecule is C=Cc1ccccc1.[Ca+2].[H-].[H-].[Zn]. The molecule has 0 aromatic heterocycles. The first-order valence-corrected chi connectivity index (χ1v) is 2.61. The molecule has 0 saturated heterocycles. The van der Waals surface area contributed by atoms with Crippen LogP contribution in [-0.4, -0.2) is 37.7 Å². The van der Waals surface area contributed by atoms with Gasteiger partial charge in [0.1, 0.15) is 0 Å². The maximum atomic E-state index is 3.63. The van der Waals surface area contributed by atoms with E-state index in [1.165, 1.54) is 5.56 Å². The van der Waals surface area contributed by atoms with Crippen LogP contribution in [0.1, 0.15) is 8.42 Å².